The van der Waals surface area contributed by atoms with Gasteiger partial charge in [-0.15, -0.1) is 0 Å². The first-order valence-corrected chi connectivity index (χ1v) is 9.43. The van der Waals surface area contributed by atoms with Crippen LogP contribution in [0.4, 0.5) is 10.1 Å². The molecule has 1 aliphatic heterocycles. The molecule has 1 saturated carbocycles. The minimum absolute atomic E-state index is 0.0350. The van der Waals surface area contributed by atoms with Crippen molar-refractivity contribution in [2.45, 2.75) is 19.3 Å². The van der Waals surface area contributed by atoms with Gasteiger partial charge in [0.05, 0.1) is 6.61 Å². The molecule has 1 aromatic carbocycles. The number of carbonyl (C=O) groups excluding carboxylic acids is 1. The van der Waals surface area contributed by atoms with Crippen LogP contribution in [0.5, 0.6) is 11.8 Å². The number of hydrogen-bond acceptors (Lipinski definition) is 7. The zero-order valence-electron chi connectivity index (χ0n) is 13.5. The highest BCUT2D eigenvalue weighted by molar-refractivity contribution is 7.92. The molecule has 1 aliphatic carbocycles. The van der Waals surface area contributed by atoms with Crippen molar-refractivity contribution in [1.82, 2.24) is 14.7 Å². The van der Waals surface area contributed by atoms with Crippen LogP contribution in [0.25, 0.3) is 10.9 Å². The van der Waals surface area contributed by atoms with Gasteiger partial charge in [-0.25, -0.2) is 18.4 Å². The molecule has 26 heavy (non-hydrogen) atoms. The molecule has 2 aliphatic rings. The number of halogens is 1. The van der Waals surface area contributed by atoms with E-state index in [-0.39, 0.29) is 16.9 Å². The lowest BCUT2D eigenvalue weighted by atomic mass is 10.2. The number of nitrogens with zero attached hydrogens (tertiary/aromatic N) is 3. The number of fused-ring (bicyclic) bond motifs is 1. The Bertz CT molecular complexity index is 1010. The Kier molecular flexibility index (Phi) is 3.83. The Labute approximate surface area is 148 Å². The molecule has 0 unspecified atom stereocenters. The van der Waals surface area contributed by atoms with Crippen molar-refractivity contribution in [2.24, 2.45) is 5.92 Å². The normalized spacial score (nSPS) is 19.0. The summed E-state index contributed by atoms with van der Waals surface area (Å²) in [6.45, 7) is -0.226. The summed E-state index contributed by atoms with van der Waals surface area (Å²) >= 11 is 0. The molecule has 2 aromatic rings. The molecule has 9 nitrogen and oxygen atoms in total. The lowest BCUT2D eigenvalue weighted by molar-refractivity contribution is -0.117. The van der Waals surface area contributed by atoms with Gasteiger partial charge in [-0.2, -0.15) is 13.4 Å². The third-order valence-electron chi connectivity index (χ3n) is 4.27. The van der Waals surface area contributed by atoms with E-state index in [1.54, 1.807) is 4.72 Å². The van der Waals surface area contributed by atoms with E-state index in [1.165, 1.54) is 19.0 Å². The predicted octanol–water partition coefficient (Wildman–Crippen LogP) is 0.834. The van der Waals surface area contributed by atoms with Gasteiger partial charge in [0.15, 0.2) is 5.82 Å². The second-order valence-electron chi connectivity index (χ2n) is 6.27. The maximum Gasteiger partial charge on any atom is 0.326 e. The van der Waals surface area contributed by atoms with Gasteiger partial charge in [0.1, 0.15) is 23.5 Å². The molecule has 0 spiro atoms. The first kappa shape index (κ1) is 16.8. The SMILES string of the molecule is O=C1CN(c2c(O)cc3cnc(OCCC4CC4)nc3c2F)S(=O)(=O)N1. The standard InChI is InChI=1S/C15H15FN4O5S/c16-12-13-9(6-17-15(18-13)25-4-3-8-1-2-8)5-10(21)14(12)20-7-11(22)19-26(20,23)24/h5-6,8,21H,1-4,7H2,(H,19,22). The Morgan fingerprint density at radius 1 is 1.42 bits per heavy atom. The number of hydrogen-bond donors (Lipinski definition) is 2. The number of anilines is 1. The summed E-state index contributed by atoms with van der Waals surface area (Å²) in [7, 11) is -4.27. The van der Waals surface area contributed by atoms with Crippen LogP contribution in [0, 0.1) is 11.7 Å². The lowest BCUT2D eigenvalue weighted by Crippen LogP contribution is -2.30. The monoisotopic (exact) mass is 382 g/mol. The quantitative estimate of drug-likeness (QED) is 0.785. The smallest absolute Gasteiger partial charge is 0.326 e. The van der Waals surface area contributed by atoms with E-state index >= 15 is 0 Å². The van der Waals surface area contributed by atoms with E-state index < -0.39 is 39.9 Å². The molecule has 0 atom stereocenters. The Morgan fingerprint density at radius 3 is 2.85 bits per heavy atom. The number of rotatable bonds is 5. The van der Waals surface area contributed by atoms with Gasteiger partial charge in [0, 0.05) is 11.6 Å². The fourth-order valence-electron chi connectivity index (χ4n) is 2.77. The van der Waals surface area contributed by atoms with E-state index in [1.807, 2.05) is 0 Å². The van der Waals surface area contributed by atoms with Crippen molar-refractivity contribution in [3.05, 3.63) is 18.1 Å². The van der Waals surface area contributed by atoms with Crippen LogP contribution in [0.1, 0.15) is 19.3 Å². The first-order valence-electron chi connectivity index (χ1n) is 7.99. The molecule has 2 fully saturated rings. The first-order chi connectivity index (χ1) is 12.3. The fraction of sp³-hybridized carbons (Fsp3) is 0.400. The van der Waals surface area contributed by atoms with E-state index in [0.717, 1.165) is 12.5 Å². The van der Waals surface area contributed by atoms with Gasteiger partial charge in [-0.1, -0.05) is 12.8 Å². The summed E-state index contributed by atoms with van der Waals surface area (Å²) in [5.74, 6) is -1.88. The molecule has 138 valence electrons. The summed E-state index contributed by atoms with van der Waals surface area (Å²) in [6, 6.07) is 1.10. The minimum Gasteiger partial charge on any atom is -0.506 e. The van der Waals surface area contributed by atoms with Gasteiger partial charge in [-0.05, 0) is 18.4 Å². The molecule has 0 bridgehead atoms. The molecule has 4 rings (SSSR count). The van der Waals surface area contributed by atoms with Gasteiger partial charge >= 0.3 is 16.2 Å². The summed E-state index contributed by atoms with van der Waals surface area (Å²) in [5.41, 5.74) is -0.845. The lowest BCUT2D eigenvalue weighted by Gasteiger charge is -2.17. The van der Waals surface area contributed by atoms with Crippen molar-refractivity contribution in [3.8, 4) is 11.8 Å². The second kappa shape index (κ2) is 5.94. The van der Waals surface area contributed by atoms with Crippen LogP contribution in [-0.2, 0) is 15.0 Å². The summed E-state index contributed by atoms with van der Waals surface area (Å²) < 4.78 is 46.5. The van der Waals surface area contributed by atoms with E-state index in [9.17, 15) is 22.7 Å². The Balaban J connectivity index is 1.72. The second-order valence-corrected chi connectivity index (χ2v) is 7.86. The molecular weight excluding hydrogens is 367 g/mol. The number of carbonyl (C=O) groups is 1. The maximum absolute atomic E-state index is 14.9. The molecule has 1 amide bonds. The average molecular weight is 382 g/mol. The third-order valence-corrected chi connectivity index (χ3v) is 5.65. The highest BCUT2D eigenvalue weighted by Crippen LogP contribution is 2.38. The maximum atomic E-state index is 14.9. The zero-order valence-corrected chi connectivity index (χ0v) is 14.3. The highest BCUT2D eigenvalue weighted by Gasteiger charge is 2.38. The minimum atomic E-state index is -4.27. The highest BCUT2D eigenvalue weighted by atomic mass is 32.2. The summed E-state index contributed by atoms with van der Waals surface area (Å²) in [5, 5.41) is 10.3. The van der Waals surface area contributed by atoms with Crippen LogP contribution in [0.3, 0.4) is 0 Å². The van der Waals surface area contributed by atoms with E-state index in [0.29, 0.717) is 16.8 Å². The Morgan fingerprint density at radius 2 is 2.19 bits per heavy atom. The van der Waals surface area contributed by atoms with Crippen LogP contribution in [0.15, 0.2) is 12.3 Å². The van der Waals surface area contributed by atoms with Gasteiger partial charge < -0.3 is 9.84 Å². The van der Waals surface area contributed by atoms with Gasteiger partial charge in [0.25, 0.3) is 5.91 Å². The summed E-state index contributed by atoms with van der Waals surface area (Å²) in [6.07, 6.45) is 4.50. The van der Waals surface area contributed by atoms with Crippen LogP contribution >= 0.6 is 0 Å². The molecule has 1 aromatic heterocycles. The van der Waals surface area contributed by atoms with Crippen LogP contribution < -0.4 is 13.8 Å². The van der Waals surface area contributed by atoms with Crippen molar-refractivity contribution >= 4 is 32.7 Å². The number of aromatic hydroxyl groups is 1. The molecule has 0 radical (unpaired) electrons. The molecule has 1 saturated heterocycles. The van der Waals surface area contributed by atoms with Crippen molar-refractivity contribution in [2.75, 3.05) is 17.5 Å². The van der Waals surface area contributed by atoms with Crippen LogP contribution in [0.2, 0.25) is 0 Å². The third kappa shape index (κ3) is 2.98. The molecule has 11 heteroatoms. The number of aromatic nitrogens is 2. The van der Waals surface area contributed by atoms with Gasteiger partial charge in [-0.3, -0.25) is 4.79 Å². The van der Waals surface area contributed by atoms with Crippen molar-refractivity contribution < 1.29 is 27.4 Å². The molecule has 2 N–H and O–H groups in total. The topological polar surface area (TPSA) is 122 Å². The number of nitrogens with one attached hydrogen (secondary N) is 1. The number of benzene rings is 1. The van der Waals surface area contributed by atoms with Gasteiger partial charge in [0.2, 0.25) is 0 Å². The average Bonchev–Trinajstić information content (AvgIpc) is 3.33. The van der Waals surface area contributed by atoms with E-state index in [4.69, 9.17) is 4.74 Å². The van der Waals surface area contributed by atoms with Crippen molar-refractivity contribution in [3.63, 3.8) is 0 Å². The summed E-state index contributed by atoms with van der Waals surface area (Å²) in [4.78, 5) is 19.3. The Hall–Kier alpha value is -2.69. The molecular formula is C15H15FN4O5S. The molecule has 2 heterocycles. The van der Waals surface area contributed by atoms with Crippen molar-refractivity contribution in [1.29, 1.82) is 0 Å². The predicted molar refractivity (Wildman–Crippen MR) is 88.4 cm³/mol. The number of ether oxygens (including phenoxy) is 1. The zero-order chi connectivity index (χ0) is 18.5. The number of amides is 1. The fourth-order valence-corrected chi connectivity index (χ4v) is 3.94. The van der Waals surface area contributed by atoms with E-state index in [2.05, 4.69) is 9.97 Å². The largest absolute Gasteiger partial charge is 0.506 e. The number of phenolic OH excluding ortho intramolecular Hbond substituents is 1. The van der Waals surface area contributed by atoms with Crippen LogP contribution in [-0.4, -0.2) is 42.6 Å². The number of phenols is 1.